The molecule has 0 unspecified atom stereocenters. The summed E-state index contributed by atoms with van der Waals surface area (Å²) in [5.41, 5.74) is 4.11. The monoisotopic (exact) mass is 303 g/mol. The van der Waals surface area contributed by atoms with Crippen molar-refractivity contribution in [2.45, 2.75) is 34.2 Å². The van der Waals surface area contributed by atoms with Crippen LogP contribution in [0.1, 0.15) is 38.8 Å². The molecule has 0 atom stereocenters. The number of hydrogen-bond acceptors (Lipinski definition) is 4. The highest BCUT2D eigenvalue weighted by Gasteiger charge is 2.20. The number of esters is 1. The third-order valence-corrected chi connectivity index (χ3v) is 4.57. The minimum atomic E-state index is -0.244. The van der Waals surface area contributed by atoms with Crippen molar-refractivity contribution in [2.75, 3.05) is 11.9 Å². The van der Waals surface area contributed by atoms with E-state index < -0.39 is 0 Å². The highest BCUT2D eigenvalue weighted by atomic mass is 32.1. The van der Waals surface area contributed by atoms with Crippen LogP contribution in [0.15, 0.2) is 24.3 Å². The van der Waals surface area contributed by atoms with Crippen LogP contribution in [0.4, 0.5) is 5.00 Å². The predicted octanol–water partition coefficient (Wildman–Crippen LogP) is 4.46. The lowest BCUT2D eigenvalue weighted by molar-refractivity contribution is 0.0527. The summed E-state index contributed by atoms with van der Waals surface area (Å²) >= 11 is 1.61. The number of thiophene rings is 1. The Hall–Kier alpha value is -1.81. The van der Waals surface area contributed by atoms with Crippen LogP contribution in [-0.4, -0.2) is 12.6 Å². The smallest absolute Gasteiger partial charge is 0.341 e. The first-order valence-electron chi connectivity index (χ1n) is 7.09. The largest absolute Gasteiger partial charge is 0.462 e. The number of nitrogens with one attached hydrogen (secondary N) is 1. The Bertz CT molecular complexity index is 646. The molecule has 112 valence electrons. The van der Waals surface area contributed by atoms with Crippen molar-refractivity contribution >= 4 is 22.3 Å². The van der Waals surface area contributed by atoms with E-state index >= 15 is 0 Å². The van der Waals surface area contributed by atoms with Crippen LogP contribution >= 0.6 is 11.3 Å². The van der Waals surface area contributed by atoms with Crippen molar-refractivity contribution in [2.24, 2.45) is 0 Å². The number of carbonyl (C=O) groups is 1. The molecule has 4 heteroatoms. The molecule has 1 heterocycles. The lowest BCUT2D eigenvalue weighted by Gasteiger charge is -2.08. The van der Waals surface area contributed by atoms with Gasteiger partial charge in [0.15, 0.2) is 0 Å². The number of hydrogen-bond donors (Lipinski definition) is 1. The highest BCUT2D eigenvalue weighted by molar-refractivity contribution is 7.16. The van der Waals surface area contributed by atoms with E-state index in [-0.39, 0.29) is 5.97 Å². The van der Waals surface area contributed by atoms with Gasteiger partial charge in [-0.2, -0.15) is 0 Å². The first kappa shape index (κ1) is 15.6. The van der Waals surface area contributed by atoms with Gasteiger partial charge in [-0.1, -0.05) is 29.8 Å². The molecule has 0 spiro atoms. The van der Waals surface area contributed by atoms with Crippen LogP contribution < -0.4 is 5.32 Å². The third kappa shape index (κ3) is 3.64. The van der Waals surface area contributed by atoms with E-state index in [4.69, 9.17) is 4.74 Å². The molecule has 0 fully saturated rings. The number of carbonyl (C=O) groups excluding carboxylic acids is 1. The normalized spacial score (nSPS) is 10.5. The van der Waals surface area contributed by atoms with Crippen LogP contribution in [0, 0.1) is 20.8 Å². The average molecular weight is 303 g/mol. The Balaban J connectivity index is 2.20. The summed E-state index contributed by atoms with van der Waals surface area (Å²) in [5.74, 6) is -0.244. The Labute approximate surface area is 130 Å². The molecule has 2 rings (SSSR count). The molecule has 1 aromatic carbocycles. The zero-order chi connectivity index (χ0) is 15.4. The molecule has 0 bridgehead atoms. The molecule has 1 N–H and O–H groups in total. The van der Waals surface area contributed by atoms with Crippen LogP contribution in [0.3, 0.4) is 0 Å². The minimum Gasteiger partial charge on any atom is -0.462 e. The van der Waals surface area contributed by atoms with Gasteiger partial charge in [-0.25, -0.2) is 4.79 Å². The number of anilines is 1. The molecule has 0 aliphatic rings. The molecular weight excluding hydrogens is 282 g/mol. The van der Waals surface area contributed by atoms with Gasteiger partial charge in [-0.15, -0.1) is 11.3 Å². The van der Waals surface area contributed by atoms with Crippen LogP contribution in [0.25, 0.3) is 0 Å². The maximum Gasteiger partial charge on any atom is 0.341 e. The van der Waals surface area contributed by atoms with Crippen molar-refractivity contribution in [3.05, 3.63) is 51.4 Å². The van der Waals surface area contributed by atoms with E-state index in [1.54, 1.807) is 11.3 Å². The minimum absolute atomic E-state index is 0.244. The zero-order valence-electron chi connectivity index (χ0n) is 12.9. The SMILES string of the molecule is CCOC(=O)c1c(NCc2cccc(C)c2)sc(C)c1C. The topological polar surface area (TPSA) is 38.3 Å². The fraction of sp³-hybridized carbons (Fsp3) is 0.353. The standard InChI is InChI=1S/C17H21NO2S/c1-5-20-17(19)15-12(3)13(4)21-16(15)18-10-14-8-6-7-11(2)9-14/h6-9,18H,5,10H2,1-4H3. The molecule has 0 saturated carbocycles. The Morgan fingerprint density at radius 3 is 2.71 bits per heavy atom. The van der Waals surface area contributed by atoms with E-state index in [1.807, 2.05) is 26.8 Å². The van der Waals surface area contributed by atoms with Gasteiger partial charge < -0.3 is 10.1 Å². The Morgan fingerprint density at radius 2 is 2.05 bits per heavy atom. The molecular formula is C17H21NO2S. The van der Waals surface area contributed by atoms with Crippen molar-refractivity contribution < 1.29 is 9.53 Å². The summed E-state index contributed by atoms with van der Waals surface area (Å²) in [6.07, 6.45) is 0. The molecule has 0 saturated heterocycles. The van der Waals surface area contributed by atoms with Gasteiger partial charge in [0.25, 0.3) is 0 Å². The molecule has 1 aromatic heterocycles. The maximum atomic E-state index is 12.1. The van der Waals surface area contributed by atoms with Gasteiger partial charge in [0.2, 0.25) is 0 Å². The molecule has 0 radical (unpaired) electrons. The van der Waals surface area contributed by atoms with E-state index in [1.165, 1.54) is 11.1 Å². The van der Waals surface area contributed by atoms with Gasteiger partial charge in [-0.3, -0.25) is 0 Å². The van der Waals surface area contributed by atoms with Gasteiger partial charge in [-0.05, 0) is 38.8 Å². The van der Waals surface area contributed by atoms with E-state index in [0.717, 1.165) is 15.4 Å². The number of aryl methyl sites for hydroxylation is 2. The predicted molar refractivity (Wildman–Crippen MR) is 88.3 cm³/mol. The summed E-state index contributed by atoms with van der Waals surface area (Å²) in [6, 6.07) is 8.35. The van der Waals surface area contributed by atoms with Crippen molar-refractivity contribution in [1.82, 2.24) is 0 Å². The molecule has 2 aromatic rings. The van der Waals surface area contributed by atoms with Crippen LogP contribution in [-0.2, 0) is 11.3 Å². The number of ether oxygens (including phenoxy) is 1. The lowest BCUT2D eigenvalue weighted by atomic mass is 10.1. The van der Waals surface area contributed by atoms with Crippen LogP contribution in [0.5, 0.6) is 0 Å². The lowest BCUT2D eigenvalue weighted by Crippen LogP contribution is -2.09. The second-order valence-electron chi connectivity index (χ2n) is 5.05. The molecule has 0 aliphatic carbocycles. The van der Waals surface area contributed by atoms with Crippen molar-refractivity contribution in [1.29, 1.82) is 0 Å². The van der Waals surface area contributed by atoms with Crippen molar-refractivity contribution in [3.63, 3.8) is 0 Å². The zero-order valence-corrected chi connectivity index (χ0v) is 13.8. The summed E-state index contributed by atoms with van der Waals surface area (Å²) in [6.45, 7) is 8.99. The summed E-state index contributed by atoms with van der Waals surface area (Å²) in [5, 5.41) is 4.27. The first-order valence-corrected chi connectivity index (χ1v) is 7.91. The molecule has 3 nitrogen and oxygen atoms in total. The van der Waals surface area contributed by atoms with Gasteiger partial charge in [0, 0.05) is 11.4 Å². The summed E-state index contributed by atoms with van der Waals surface area (Å²) in [7, 11) is 0. The third-order valence-electron chi connectivity index (χ3n) is 3.40. The van der Waals surface area contributed by atoms with Gasteiger partial charge in [0.1, 0.15) is 5.00 Å². The van der Waals surface area contributed by atoms with E-state index in [9.17, 15) is 4.79 Å². The van der Waals surface area contributed by atoms with Gasteiger partial charge >= 0.3 is 5.97 Å². The van der Waals surface area contributed by atoms with Crippen LogP contribution in [0.2, 0.25) is 0 Å². The van der Waals surface area contributed by atoms with Gasteiger partial charge in [0.05, 0.1) is 12.2 Å². The molecule has 0 amide bonds. The second kappa shape index (κ2) is 6.76. The summed E-state index contributed by atoms with van der Waals surface area (Å²) in [4.78, 5) is 13.3. The number of rotatable bonds is 5. The maximum absolute atomic E-state index is 12.1. The average Bonchev–Trinajstić information content (AvgIpc) is 2.72. The fourth-order valence-electron chi connectivity index (χ4n) is 2.20. The quantitative estimate of drug-likeness (QED) is 0.829. The summed E-state index contributed by atoms with van der Waals surface area (Å²) < 4.78 is 5.16. The molecule has 0 aliphatic heterocycles. The van der Waals surface area contributed by atoms with Crippen molar-refractivity contribution in [3.8, 4) is 0 Å². The Morgan fingerprint density at radius 1 is 1.29 bits per heavy atom. The van der Waals surface area contributed by atoms with E-state index in [0.29, 0.717) is 18.7 Å². The van der Waals surface area contributed by atoms with E-state index in [2.05, 4.69) is 30.4 Å². The molecule has 21 heavy (non-hydrogen) atoms. The first-order chi connectivity index (χ1) is 10.0. The fourth-order valence-corrected chi connectivity index (χ4v) is 3.25. The Kier molecular flexibility index (Phi) is 5.02. The highest BCUT2D eigenvalue weighted by Crippen LogP contribution is 2.33. The number of benzene rings is 1. The second-order valence-corrected chi connectivity index (χ2v) is 6.28.